The molecule has 0 unspecified atom stereocenters. The highest BCUT2D eigenvalue weighted by Gasteiger charge is 2.20. The highest BCUT2D eigenvalue weighted by molar-refractivity contribution is 5.80. The van der Waals surface area contributed by atoms with Gasteiger partial charge in [0.2, 0.25) is 0 Å². The van der Waals surface area contributed by atoms with E-state index >= 15 is 0 Å². The van der Waals surface area contributed by atoms with E-state index in [1.54, 1.807) is 0 Å². The van der Waals surface area contributed by atoms with Crippen molar-refractivity contribution in [1.82, 2.24) is 15.2 Å². The standard InChI is InChI=1S/C21H29N5O/c1-17(2)27-19-9-7-18(8-10-19)16-24-21(22-3)26-14-12-25(13-15-26)20-6-4-5-11-23-20/h4-11,17H,12-16H2,1-3H3,(H,22,24). The van der Waals surface area contributed by atoms with Crippen LogP contribution < -0.4 is 15.0 Å². The zero-order chi connectivity index (χ0) is 19.1. The Morgan fingerprint density at radius 2 is 1.85 bits per heavy atom. The van der Waals surface area contributed by atoms with Crippen molar-refractivity contribution >= 4 is 11.8 Å². The number of nitrogens with one attached hydrogen (secondary N) is 1. The van der Waals surface area contributed by atoms with Gasteiger partial charge in [-0.05, 0) is 43.7 Å². The molecule has 0 radical (unpaired) electrons. The first-order chi connectivity index (χ1) is 13.2. The molecule has 1 saturated heterocycles. The molecule has 144 valence electrons. The minimum Gasteiger partial charge on any atom is -0.491 e. The molecule has 6 nitrogen and oxygen atoms in total. The molecule has 1 aromatic heterocycles. The van der Waals surface area contributed by atoms with Crippen molar-refractivity contribution in [3.05, 3.63) is 54.2 Å². The fourth-order valence-corrected chi connectivity index (χ4v) is 3.16. The van der Waals surface area contributed by atoms with Crippen LogP contribution in [0.1, 0.15) is 19.4 Å². The Labute approximate surface area is 161 Å². The number of ether oxygens (including phenoxy) is 1. The molecule has 3 rings (SSSR count). The van der Waals surface area contributed by atoms with E-state index in [2.05, 4.69) is 43.3 Å². The van der Waals surface area contributed by atoms with E-state index in [1.807, 2.05) is 51.4 Å². The second kappa shape index (κ2) is 9.26. The Morgan fingerprint density at radius 1 is 1.11 bits per heavy atom. The van der Waals surface area contributed by atoms with Gasteiger partial charge in [-0.25, -0.2) is 4.98 Å². The predicted octanol–water partition coefficient (Wildman–Crippen LogP) is 2.77. The molecular weight excluding hydrogens is 338 g/mol. The fraction of sp³-hybridized carbons (Fsp3) is 0.429. The minimum absolute atomic E-state index is 0.192. The van der Waals surface area contributed by atoms with Crippen LogP contribution in [0.25, 0.3) is 0 Å². The van der Waals surface area contributed by atoms with Crippen LogP contribution >= 0.6 is 0 Å². The molecule has 2 aromatic rings. The molecule has 2 heterocycles. The van der Waals surface area contributed by atoms with Gasteiger partial charge in [0, 0.05) is 46.0 Å². The molecule has 1 fully saturated rings. The molecule has 0 atom stereocenters. The largest absolute Gasteiger partial charge is 0.491 e. The van der Waals surface area contributed by atoms with Gasteiger partial charge in [0.05, 0.1) is 6.10 Å². The molecule has 1 aromatic carbocycles. The van der Waals surface area contributed by atoms with Crippen molar-refractivity contribution < 1.29 is 4.74 Å². The van der Waals surface area contributed by atoms with E-state index in [4.69, 9.17) is 4.74 Å². The molecule has 0 amide bonds. The molecule has 1 aliphatic rings. The number of pyridine rings is 1. The van der Waals surface area contributed by atoms with E-state index < -0.39 is 0 Å². The number of hydrogen-bond donors (Lipinski definition) is 1. The topological polar surface area (TPSA) is 53.0 Å². The number of hydrogen-bond acceptors (Lipinski definition) is 4. The minimum atomic E-state index is 0.192. The molecular formula is C21H29N5O. The number of piperazine rings is 1. The second-order valence-corrected chi connectivity index (χ2v) is 6.87. The highest BCUT2D eigenvalue weighted by atomic mass is 16.5. The van der Waals surface area contributed by atoms with Gasteiger partial charge in [-0.3, -0.25) is 4.99 Å². The molecule has 0 aliphatic carbocycles. The molecule has 0 spiro atoms. The quantitative estimate of drug-likeness (QED) is 0.651. The van der Waals surface area contributed by atoms with Crippen LogP contribution in [0.3, 0.4) is 0 Å². The third kappa shape index (κ3) is 5.36. The van der Waals surface area contributed by atoms with E-state index in [1.165, 1.54) is 5.56 Å². The van der Waals surface area contributed by atoms with Gasteiger partial charge in [-0.2, -0.15) is 0 Å². The Balaban J connectivity index is 1.50. The summed E-state index contributed by atoms with van der Waals surface area (Å²) in [5.41, 5.74) is 1.21. The van der Waals surface area contributed by atoms with Crippen LogP contribution in [0.2, 0.25) is 0 Å². The summed E-state index contributed by atoms with van der Waals surface area (Å²) >= 11 is 0. The first-order valence-electron chi connectivity index (χ1n) is 9.53. The Hall–Kier alpha value is -2.76. The number of aromatic nitrogens is 1. The summed E-state index contributed by atoms with van der Waals surface area (Å²) in [7, 11) is 1.84. The number of aliphatic imine (C=N–C) groups is 1. The van der Waals surface area contributed by atoms with Gasteiger partial charge < -0.3 is 19.9 Å². The van der Waals surface area contributed by atoms with Gasteiger partial charge in [0.15, 0.2) is 5.96 Å². The number of benzene rings is 1. The van der Waals surface area contributed by atoms with Crippen LogP contribution in [0, 0.1) is 0 Å². The summed E-state index contributed by atoms with van der Waals surface area (Å²) in [6, 6.07) is 14.3. The lowest BCUT2D eigenvalue weighted by Crippen LogP contribution is -2.52. The number of guanidine groups is 1. The summed E-state index contributed by atoms with van der Waals surface area (Å²) in [5.74, 6) is 2.89. The second-order valence-electron chi connectivity index (χ2n) is 6.87. The molecule has 27 heavy (non-hydrogen) atoms. The SMILES string of the molecule is CN=C(NCc1ccc(OC(C)C)cc1)N1CCN(c2ccccn2)CC1. The lowest BCUT2D eigenvalue weighted by molar-refractivity contribution is 0.242. The van der Waals surface area contributed by atoms with Gasteiger partial charge in [0.25, 0.3) is 0 Å². The molecule has 0 saturated carbocycles. The zero-order valence-electron chi connectivity index (χ0n) is 16.4. The zero-order valence-corrected chi connectivity index (χ0v) is 16.4. The monoisotopic (exact) mass is 367 g/mol. The molecule has 0 bridgehead atoms. The van der Waals surface area contributed by atoms with Crippen molar-refractivity contribution in [2.45, 2.75) is 26.5 Å². The third-order valence-corrected chi connectivity index (χ3v) is 4.51. The van der Waals surface area contributed by atoms with Crippen molar-refractivity contribution in [3.8, 4) is 5.75 Å². The average Bonchev–Trinajstić information content (AvgIpc) is 2.70. The maximum absolute atomic E-state index is 5.70. The maximum atomic E-state index is 5.70. The first-order valence-corrected chi connectivity index (χ1v) is 9.53. The van der Waals surface area contributed by atoms with Crippen LogP contribution in [-0.4, -0.2) is 55.2 Å². The summed E-state index contributed by atoms with van der Waals surface area (Å²) < 4.78 is 5.70. The first kappa shape index (κ1) is 19.0. The molecule has 1 aliphatic heterocycles. The van der Waals surface area contributed by atoms with Crippen LogP contribution in [0.5, 0.6) is 5.75 Å². The van der Waals surface area contributed by atoms with Crippen LogP contribution in [0.15, 0.2) is 53.7 Å². The van der Waals surface area contributed by atoms with Gasteiger partial charge in [-0.1, -0.05) is 18.2 Å². The molecule has 1 N–H and O–H groups in total. The van der Waals surface area contributed by atoms with Crippen molar-refractivity contribution in [1.29, 1.82) is 0 Å². The van der Waals surface area contributed by atoms with Crippen molar-refractivity contribution in [2.75, 3.05) is 38.1 Å². The molecule has 6 heteroatoms. The van der Waals surface area contributed by atoms with E-state index in [-0.39, 0.29) is 6.10 Å². The van der Waals surface area contributed by atoms with Crippen molar-refractivity contribution in [3.63, 3.8) is 0 Å². The summed E-state index contributed by atoms with van der Waals surface area (Å²) in [6.07, 6.45) is 2.04. The fourth-order valence-electron chi connectivity index (χ4n) is 3.16. The van der Waals surface area contributed by atoms with Gasteiger partial charge in [-0.15, -0.1) is 0 Å². The van der Waals surface area contributed by atoms with Gasteiger partial charge in [0.1, 0.15) is 11.6 Å². The Kier molecular flexibility index (Phi) is 6.52. The van der Waals surface area contributed by atoms with Crippen molar-refractivity contribution in [2.24, 2.45) is 4.99 Å². The van der Waals surface area contributed by atoms with E-state index in [0.29, 0.717) is 0 Å². The smallest absolute Gasteiger partial charge is 0.194 e. The maximum Gasteiger partial charge on any atom is 0.194 e. The van der Waals surface area contributed by atoms with Crippen LogP contribution in [-0.2, 0) is 6.54 Å². The predicted molar refractivity (Wildman–Crippen MR) is 110 cm³/mol. The van der Waals surface area contributed by atoms with Gasteiger partial charge >= 0.3 is 0 Å². The lowest BCUT2D eigenvalue weighted by Gasteiger charge is -2.37. The number of anilines is 1. The Morgan fingerprint density at radius 3 is 2.44 bits per heavy atom. The van der Waals surface area contributed by atoms with E-state index in [9.17, 15) is 0 Å². The summed E-state index contributed by atoms with van der Waals surface area (Å²) in [6.45, 7) is 8.56. The highest BCUT2D eigenvalue weighted by Crippen LogP contribution is 2.15. The summed E-state index contributed by atoms with van der Waals surface area (Å²) in [4.78, 5) is 13.5. The number of nitrogens with zero attached hydrogens (tertiary/aromatic N) is 4. The van der Waals surface area contributed by atoms with Crippen LogP contribution in [0.4, 0.5) is 5.82 Å². The third-order valence-electron chi connectivity index (χ3n) is 4.51. The average molecular weight is 367 g/mol. The lowest BCUT2D eigenvalue weighted by atomic mass is 10.2. The summed E-state index contributed by atoms with van der Waals surface area (Å²) in [5, 5.41) is 3.47. The normalized spacial score (nSPS) is 15.2. The van der Waals surface area contributed by atoms with E-state index in [0.717, 1.165) is 50.3 Å². The Bertz CT molecular complexity index is 722. The number of rotatable bonds is 5.